The molecule has 0 spiro atoms. The van der Waals surface area contributed by atoms with Crippen molar-refractivity contribution in [1.29, 1.82) is 0 Å². The summed E-state index contributed by atoms with van der Waals surface area (Å²) in [6, 6.07) is 4.01. The van der Waals surface area contributed by atoms with E-state index in [-0.39, 0.29) is 4.90 Å². The normalized spacial score (nSPS) is 16.5. The summed E-state index contributed by atoms with van der Waals surface area (Å²) in [4.78, 5) is 10.2. The molecule has 0 saturated carbocycles. The summed E-state index contributed by atoms with van der Waals surface area (Å²) in [6.07, 6.45) is 4.85. The van der Waals surface area contributed by atoms with Gasteiger partial charge < -0.3 is 4.90 Å². The third kappa shape index (κ3) is 3.18. The maximum Gasteiger partial charge on any atom is 0.243 e. The number of nitrogens with zero attached hydrogens (tertiary/aromatic N) is 4. The van der Waals surface area contributed by atoms with Gasteiger partial charge >= 0.3 is 0 Å². The Morgan fingerprint density at radius 2 is 1.87 bits per heavy atom. The summed E-state index contributed by atoms with van der Waals surface area (Å²) in [6.45, 7) is 3.30. The van der Waals surface area contributed by atoms with Gasteiger partial charge in [-0.3, -0.25) is 4.98 Å². The summed E-state index contributed by atoms with van der Waals surface area (Å²) in [7, 11) is -3.68. The van der Waals surface area contributed by atoms with E-state index in [1.165, 1.54) is 16.4 Å². The highest BCUT2D eigenvalue weighted by Crippen LogP contribution is 2.21. The van der Waals surface area contributed by atoms with Crippen LogP contribution in [0.15, 0.2) is 41.7 Å². The first-order valence-corrected chi connectivity index (χ1v) is 8.70. The van der Waals surface area contributed by atoms with Crippen molar-refractivity contribution < 1.29 is 12.8 Å². The minimum absolute atomic E-state index is 0.00597. The van der Waals surface area contributed by atoms with E-state index in [2.05, 4.69) is 9.97 Å². The zero-order chi connectivity index (χ0) is 16.4. The number of hydrogen-bond acceptors (Lipinski definition) is 5. The number of hydrogen-bond donors (Lipinski definition) is 0. The zero-order valence-electron chi connectivity index (χ0n) is 12.7. The van der Waals surface area contributed by atoms with Crippen molar-refractivity contribution in [3.8, 4) is 0 Å². The number of anilines is 1. The molecule has 6 nitrogen and oxygen atoms in total. The van der Waals surface area contributed by atoms with Gasteiger partial charge in [0.2, 0.25) is 10.0 Å². The number of piperazine rings is 1. The number of sulfonamides is 1. The van der Waals surface area contributed by atoms with E-state index in [1.807, 2.05) is 4.90 Å². The van der Waals surface area contributed by atoms with Crippen molar-refractivity contribution >= 4 is 15.8 Å². The van der Waals surface area contributed by atoms with Crippen molar-refractivity contribution in [3.63, 3.8) is 0 Å². The van der Waals surface area contributed by atoms with Crippen molar-refractivity contribution in [1.82, 2.24) is 14.3 Å². The van der Waals surface area contributed by atoms with Gasteiger partial charge in [-0.2, -0.15) is 4.31 Å². The molecule has 1 aromatic carbocycles. The van der Waals surface area contributed by atoms with E-state index in [0.717, 1.165) is 11.9 Å². The second kappa shape index (κ2) is 6.21. The molecule has 0 unspecified atom stereocenters. The van der Waals surface area contributed by atoms with Gasteiger partial charge in [-0.25, -0.2) is 17.8 Å². The van der Waals surface area contributed by atoms with Crippen LogP contribution < -0.4 is 4.90 Å². The lowest BCUT2D eigenvalue weighted by Gasteiger charge is -2.34. The van der Waals surface area contributed by atoms with E-state index in [4.69, 9.17) is 0 Å². The fourth-order valence-electron chi connectivity index (χ4n) is 2.50. The molecule has 1 fully saturated rings. The quantitative estimate of drug-likeness (QED) is 0.848. The Labute approximate surface area is 134 Å². The van der Waals surface area contributed by atoms with Gasteiger partial charge in [0.1, 0.15) is 11.6 Å². The van der Waals surface area contributed by atoms with Gasteiger partial charge in [-0.05, 0) is 24.6 Å². The number of aryl methyl sites for hydroxylation is 1. The lowest BCUT2D eigenvalue weighted by Crippen LogP contribution is -2.48. The molecule has 0 atom stereocenters. The second-order valence-electron chi connectivity index (χ2n) is 5.37. The van der Waals surface area contributed by atoms with Crippen LogP contribution in [0.3, 0.4) is 0 Å². The van der Waals surface area contributed by atoms with E-state index in [1.54, 1.807) is 25.5 Å². The maximum atomic E-state index is 13.7. The summed E-state index contributed by atoms with van der Waals surface area (Å²) >= 11 is 0. The third-order valence-electron chi connectivity index (χ3n) is 3.89. The first kappa shape index (κ1) is 15.8. The molecule has 1 saturated heterocycles. The standard InChI is InChI=1S/C15H17FN4O2S/c1-12-2-3-13(10-14(12)16)23(21,22)20-8-6-19(7-9-20)15-11-17-4-5-18-15/h2-5,10-11H,6-9H2,1H3. The highest BCUT2D eigenvalue weighted by Gasteiger charge is 2.29. The molecule has 0 bridgehead atoms. The predicted octanol–water partition coefficient (Wildman–Crippen LogP) is 1.44. The lowest BCUT2D eigenvalue weighted by molar-refractivity contribution is 0.383. The van der Waals surface area contributed by atoms with Crippen LogP contribution in [0.1, 0.15) is 5.56 Å². The van der Waals surface area contributed by atoms with Gasteiger partial charge in [0.05, 0.1) is 11.1 Å². The fourth-order valence-corrected chi connectivity index (χ4v) is 3.93. The van der Waals surface area contributed by atoms with E-state index < -0.39 is 15.8 Å². The van der Waals surface area contributed by atoms with Crippen LogP contribution >= 0.6 is 0 Å². The average molecular weight is 336 g/mol. The molecular formula is C15H17FN4O2S. The molecule has 1 aromatic heterocycles. The molecule has 1 aliphatic rings. The molecule has 8 heteroatoms. The van der Waals surface area contributed by atoms with Crippen molar-refractivity contribution in [2.24, 2.45) is 0 Å². The predicted molar refractivity (Wildman–Crippen MR) is 84.1 cm³/mol. The van der Waals surface area contributed by atoms with Crippen LogP contribution in [0.4, 0.5) is 10.2 Å². The van der Waals surface area contributed by atoms with Gasteiger partial charge in [0, 0.05) is 38.6 Å². The fraction of sp³-hybridized carbons (Fsp3) is 0.333. The van der Waals surface area contributed by atoms with Crippen molar-refractivity contribution in [2.75, 3.05) is 31.1 Å². The molecule has 2 aromatic rings. The smallest absolute Gasteiger partial charge is 0.243 e. The maximum absolute atomic E-state index is 13.7. The zero-order valence-corrected chi connectivity index (χ0v) is 13.5. The van der Waals surface area contributed by atoms with Gasteiger partial charge in [0.25, 0.3) is 0 Å². The Hall–Kier alpha value is -2.06. The number of halogens is 1. The van der Waals surface area contributed by atoms with Gasteiger partial charge in [-0.1, -0.05) is 6.07 Å². The van der Waals surface area contributed by atoms with Gasteiger partial charge in [-0.15, -0.1) is 0 Å². The topological polar surface area (TPSA) is 66.4 Å². The molecule has 0 N–H and O–H groups in total. The first-order chi connectivity index (χ1) is 11.0. The Kier molecular flexibility index (Phi) is 4.27. The molecule has 1 aliphatic heterocycles. The molecule has 122 valence electrons. The van der Waals surface area contributed by atoms with E-state index in [0.29, 0.717) is 31.7 Å². The summed E-state index contributed by atoms with van der Waals surface area (Å²) < 4.78 is 40.2. The monoisotopic (exact) mass is 336 g/mol. The Balaban J connectivity index is 1.75. The summed E-state index contributed by atoms with van der Waals surface area (Å²) in [5, 5.41) is 0. The minimum Gasteiger partial charge on any atom is -0.353 e. The summed E-state index contributed by atoms with van der Waals surface area (Å²) in [5.74, 6) is 0.218. The highest BCUT2D eigenvalue weighted by molar-refractivity contribution is 7.89. The number of benzene rings is 1. The molecule has 3 rings (SSSR count). The minimum atomic E-state index is -3.68. The Bertz CT molecular complexity index is 790. The average Bonchev–Trinajstić information content (AvgIpc) is 2.58. The van der Waals surface area contributed by atoms with Crippen LogP contribution in [0.5, 0.6) is 0 Å². The lowest BCUT2D eigenvalue weighted by atomic mass is 10.2. The second-order valence-corrected chi connectivity index (χ2v) is 7.30. The molecule has 2 heterocycles. The Morgan fingerprint density at radius 1 is 1.13 bits per heavy atom. The number of aromatic nitrogens is 2. The van der Waals surface area contributed by atoms with Crippen molar-refractivity contribution in [3.05, 3.63) is 48.2 Å². The largest absolute Gasteiger partial charge is 0.353 e. The van der Waals surface area contributed by atoms with Crippen LogP contribution in [-0.2, 0) is 10.0 Å². The third-order valence-corrected chi connectivity index (χ3v) is 5.79. The SMILES string of the molecule is Cc1ccc(S(=O)(=O)N2CCN(c3cnccn3)CC2)cc1F. The molecule has 23 heavy (non-hydrogen) atoms. The molecule has 0 radical (unpaired) electrons. The van der Waals surface area contributed by atoms with Gasteiger partial charge in [0.15, 0.2) is 0 Å². The molecule has 0 aliphatic carbocycles. The Morgan fingerprint density at radius 3 is 2.48 bits per heavy atom. The molecular weight excluding hydrogens is 319 g/mol. The first-order valence-electron chi connectivity index (χ1n) is 7.26. The highest BCUT2D eigenvalue weighted by atomic mass is 32.2. The number of rotatable bonds is 3. The van der Waals surface area contributed by atoms with E-state index in [9.17, 15) is 12.8 Å². The van der Waals surface area contributed by atoms with Crippen LogP contribution in [0.2, 0.25) is 0 Å². The van der Waals surface area contributed by atoms with Crippen LogP contribution in [0, 0.1) is 12.7 Å². The van der Waals surface area contributed by atoms with Crippen LogP contribution in [-0.4, -0.2) is 48.9 Å². The molecule has 0 amide bonds. The van der Waals surface area contributed by atoms with Crippen molar-refractivity contribution in [2.45, 2.75) is 11.8 Å². The van der Waals surface area contributed by atoms with Crippen LogP contribution in [0.25, 0.3) is 0 Å². The summed E-state index contributed by atoms with van der Waals surface area (Å²) in [5.41, 5.74) is 0.427. The van der Waals surface area contributed by atoms with E-state index >= 15 is 0 Å².